The fourth-order valence-electron chi connectivity index (χ4n) is 3.35. The molecule has 0 amide bonds. The Balaban J connectivity index is 1.57. The second-order valence-corrected chi connectivity index (χ2v) is 6.08. The maximum absolute atomic E-state index is 13.2. The van der Waals surface area contributed by atoms with Crippen LogP contribution in [0.25, 0.3) is 0 Å². The lowest BCUT2D eigenvalue weighted by Gasteiger charge is -2.37. The third kappa shape index (κ3) is 2.81. The first-order chi connectivity index (χ1) is 9.71. The van der Waals surface area contributed by atoms with Crippen molar-refractivity contribution >= 4 is 0 Å². The van der Waals surface area contributed by atoms with Gasteiger partial charge in [0.2, 0.25) is 0 Å². The van der Waals surface area contributed by atoms with Crippen molar-refractivity contribution in [3.63, 3.8) is 0 Å². The van der Waals surface area contributed by atoms with Gasteiger partial charge in [-0.3, -0.25) is 0 Å². The molecule has 0 bridgehead atoms. The lowest BCUT2D eigenvalue weighted by Crippen LogP contribution is -2.52. The molecule has 1 aliphatic carbocycles. The summed E-state index contributed by atoms with van der Waals surface area (Å²) in [5.41, 5.74) is 0.806. The fraction of sp³-hybridized carbons (Fsp3) is 0.625. The number of ether oxygens (including phenoxy) is 1. The number of nitrogens with one attached hydrogen (secondary N) is 1. The first-order valence-electron chi connectivity index (χ1n) is 7.52. The molecular weight excluding hydrogens is 257 g/mol. The van der Waals surface area contributed by atoms with E-state index in [4.69, 9.17) is 4.74 Å². The zero-order valence-electron chi connectivity index (χ0n) is 11.7. The zero-order chi connectivity index (χ0) is 14.0. The summed E-state index contributed by atoms with van der Waals surface area (Å²) < 4.78 is 19.0. The molecule has 1 aromatic rings. The Morgan fingerprint density at radius 1 is 1.30 bits per heavy atom. The molecule has 1 heterocycles. The van der Waals surface area contributed by atoms with E-state index in [1.807, 2.05) is 0 Å². The molecule has 0 aromatic heterocycles. The Labute approximate surface area is 119 Å². The summed E-state index contributed by atoms with van der Waals surface area (Å²) in [4.78, 5) is 0. The van der Waals surface area contributed by atoms with Gasteiger partial charge in [0.25, 0.3) is 0 Å². The number of benzene rings is 1. The number of halogens is 1. The predicted octanol–water partition coefficient (Wildman–Crippen LogP) is 2.41. The van der Waals surface area contributed by atoms with E-state index in [1.54, 1.807) is 12.1 Å². The average molecular weight is 279 g/mol. The van der Waals surface area contributed by atoms with Crippen molar-refractivity contribution in [1.82, 2.24) is 5.32 Å². The summed E-state index contributed by atoms with van der Waals surface area (Å²) >= 11 is 0. The standard InChI is InChI=1S/C16H22FNO2/c17-13-4-5-15-12(8-13)9-14(20-15)10-18-16(11-19)6-2-1-3-7-16/h4-5,8,14,18-19H,1-3,6-7,9-11H2. The van der Waals surface area contributed by atoms with Crippen molar-refractivity contribution in [2.75, 3.05) is 13.2 Å². The SMILES string of the molecule is OCC1(NCC2Cc3cc(F)ccc3O2)CCCCC1. The van der Waals surface area contributed by atoms with Gasteiger partial charge in [-0.25, -0.2) is 4.39 Å². The van der Waals surface area contributed by atoms with Crippen LogP contribution in [-0.4, -0.2) is 29.9 Å². The summed E-state index contributed by atoms with van der Waals surface area (Å²) in [6.07, 6.45) is 6.43. The summed E-state index contributed by atoms with van der Waals surface area (Å²) in [5.74, 6) is 0.583. The summed E-state index contributed by atoms with van der Waals surface area (Å²) in [7, 11) is 0. The Morgan fingerprint density at radius 3 is 2.85 bits per heavy atom. The molecule has 2 aliphatic rings. The van der Waals surface area contributed by atoms with Crippen LogP contribution in [0.3, 0.4) is 0 Å². The molecule has 2 N–H and O–H groups in total. The molecule has 3 rings (SSSR count). The third-order valence-corrected chi connectivity index (χ3v) is 4.58. The molecule has 110 valence electrons. The number of aliphatic hydroxyl groups is 1. The maximum Gasteiger partial charge on any atom is 0.123 e. The van der Waals surface area contributed by atoms with E-state index in [0.29, 0.717) is 6.54 Å². The van der Waals surface area contributed by atoms with E-state index in [2.05, 4.69) is 5.32 Å². The molecule has 4 heteroatoms. The Morgan fingerprint density at radius 2 is 2.10 bits per heavy atom. The quantitative estimate of drug-likeness (QED) is 0.889. The van der Waals surface area contributed by atoms with Crippen LogP contribution < -0.4 is 10.1 Å². The molecule has 1 aromatic carbocycles. The van der Waals surface area contributed by atoms with Crippen molar-refractivity contribution < 1.29 is 14.2 Å². The highest BCUT2D eigenvalue weighted by Gasteiger charge is 2.33. The second-order valence-electron chi connectivity index (χ2n) is 6.08. The van der Waals surface area contributed by atoms with E-state index in [0.717, 1.165) is 30.6 Å². The number of rotatable bonds is 4. The Kier molecular flexibility index (Phi) is 3.94. The Hall–Kier alpha value is -1.13. The zero-order valence-corrected chi connectivity index (χ0v) is 11.7. The molecule has 1 fully saturated rings. The molecule has 1 atom stereocenters. The van der Waals surface area contributed by atoms with E-state index < -0.39 is 0 Å². The van der Waals surface area contributed by atoms with E-state index in [1.165, 1.54) is 25.3 Å². The van der Waals surface area contributed by atoms with Gasteiger partial charge in [-0.2, -0.15) is 0 Å². The largest absolute Gasteiger partial charge is 0.488 e. The van der Waals surface area contributed by atoms with Gasteiger partial charge in [0.15, 0.2) is 0 Å². The van der Waals surface area contributed by atoms with Gasteiger partial charge in [-0.15, -0.1) is 0 Å². The predicted molar refractivity (Wildman–Crippen MR) is 75.4 cm³/mol. The van der Waals surface area contributed by atoms with Crippen molar-refractivity contribution in [2.24, 2.45) is 0 Å². The van der Waals surface area contributed by atoms with Crippen molar-refractivity contribution in [3.8, 4) is 5.75 Å². The molecule has 1 aliphatic heterocycles. The van der Waals surface area contributed by atoms with Crippen LogP contribution in [0.15, 0.2) is 18.2 Å². The smallest absolute Gasteiger partial charge is 0.123 e. The number of hydrogen-bond donors (Lipinski definition) is 2. The summed E-state index contributed by atoms with van der Waals surface area (Å²) in [5, 5.41) is 13.2. The van der Waals surface area contributed by atoms with Crippen molar-refractivity contribution in [1.29, 1.82) is 0 Å². The van der Waals surface area contributed by atoms with Crippen LogP contribution in [0, 0.1) is 5.82 Å². The van der Waals surface area contributed by atoms with Gasteiger partial charge < -0.3 is 15.2 Å². The summed E-state index contributed by atoms with van der Waals surface area (Å²) in [6.45, 7) is 0.887. The normalized spacial score (nSPS) is 24.2. The van der Waals surface area contributed by atoms with Gasteiger partial charge in [0.05, 0.1) is 6.61 Å². The molecule has 1 saturated carbocycles. The monoisotopic (exact) mass is 279 g/mol. The fourth-order valence-corrected chi connectivity index (χ4v) is 3.35. The van der Waals surface area contributed by atoms with Crippen LogP contribution in [0.1, 0.15) is 37.7 Å². The highest BCUT2D eigenvalue weighted by molar-refractivity contribution is 5.37. The molecule has 20 heavy (non-hydrogen) atoms. The minimum atomic E-state index is -0.208. The van der Waals surface area contributed by atoms with Crippen molar-refractivity contribution in [2.45, 2.75) is 50.2 Å². The number of fused-ring (bicyclic) bond motifs is 1. The Bertz CT molecular complexity index is 472. The van der Waals surface area contributed by atoms with Crippen LogP contribution in [0.5, 0.6) is 5.75 Å². The van der Waals surface area contributed by atoms with E-state index in [9.17, 15) is 9.50 Å². The molecular formula is C16H22FNO2. The molecule has 3 nitrogen and oxygen atoms in total. The number of hydrogen-bond acceptors (Lipinski definition) is 3. The maximum atomic E-state index is 13.2. The second kappa shape index (κ2) is 5.70. The van der Waals surface area contributed by atoms with Gasteiger partial charge in [-0.1, -0.05) is 19.3 Å². The van der Waals surface area contributed by atoms with E-state index in [-0.39, 0.29) is 24.1 Å². The van der Waals surface area contributed by atoms with Gasteiger partial charge in [-0.05, 0) is 31.0 Å². The van der Waals surface area contributed by atoms with E-state index >= 15 is 0 Å². The topological polar surface area (TPSA) is 41.5 Å². The highest BCUT2D eigenvalue weighted by Crippen LogP contribution is 2.31. The van der Waals surface area contributed by atoms with Gasteiger partial charge in [0, 0.05) is 24.1 Å². The first-order valence-corrected chi connectivity index (χ1v) is 7.52. The minimum Gasteiger partial charge on any atom is -0.488 e. The average Bonchev–Trinajstić information content (AvgIpc) is 2.88. The molecule has 0 radical (unpaired) electrons. The third-order valence-electron chi connectivity index (χ3n) is 4.58. The van der Waals surface area contributed by atoms with Crippen molar-refractivity contribution in [3.05, 3.63) is 29.6 Å². The molecule has 1 unspecified atom stereocenters. The van der Waals surface area contributed by atoms with Crippen LogP contribution in [0.2, 0.25) is 0 Å². The highest BCUT2D eigenvalue weighted by atomic mass is 19.1. The first kappa shape index (κ1) is 13.8. The molecule has 0 saturated heterocycles. The lowest BCUT2D eigenvalue weighted by atomic mass is 9.82. The van der Waals surface area contributed by atoms with Gasteiger partial charge >= 0.3 is 0 Å². The number of aliphatic hydroxyl groups excluding tert-OH is 1. The molecule has 0 spiro atoms. The van der Waals surface area contributed by atoms with Crippen LogP contribution in [-0.2, 0) is 6.42 Å². The summed E-state index contributed by atoms with van der Waals surface area (Å²) in [6, 6.07) is 4.69. The lowest BCUT2D eigenvalue weighted by molar-refractivity contribution is 0.105. The van der Waals surface area contributed by atoms with Crippen LogP contribution >= 0.6 is 0 Å². The minimum absolute atomic E-state index is 0.0390. The van der Waals surface area contributed by atoms with Crippen LogP contribution in [0.4, 0.5) is 4.39 Å². The van der Waals surface area contributed by atoms with Gasteiger partial charge in [0.1, 0.15) is 17.7 Å².